The highest BCUT2D eigenvalue weighted by molar-refractivity contribution is 7.80. The van der Waals surface area contributed by atoms with Crippen LogP contribution in [-0.4, -0.2) is 21.8 Å². The number of aromatic nitrogens is 1. The number of thiazole rings is 1. The lowest BCUT2D eigenvalue weighted by molar-refractivity contribution is -0.118. The second-order valence-corrected chi connectivity index (χ2v) is 4.64. The van der Waals surface area contributed by atoms with Crippen molar-refractivity contribution in [3.05, 3.63) is 16.1 Å². The zero-order chi connectivity index (χ0) is 11.4. The van der Waals surface area contributed by atoms with E-state index in [-0.39, 0.29) is 11.8 Å². The number of hydrogen-bond acceptors (Lipinski definition) is 4. The second-order valence-electron chi connectivity index (χ2n) is 3.29. The van der Waals surface area contributed by atoms with E-state index in [4.69, 9.17) is 12.2 Å². The highest BCUT2D eigenvalue weighted by atomic mass is 32.1. The molecule has 0 saturated heterocycles. The van der Waals surface area contributed by atoms with E-state index in [9.17, 15) is 4.79 Å². The summed E-state index contributed by atoms with van der Waals surface area (Å²) < 4.78 is 0. The van der Waals surface area contributed by atoms with Crippen molar-refractivity contribution >= 4 is 34.3 Å². The summed E-state index contributed by atoms with van der Waals surface area (Å²) in [5.74, 6) is 0.0725. The first-order valence-corrected chi connectivity index (χ1v) is 6.09. The molecule has 3 nitrogen and oxygen atoms in total. The third-order valence-electron chi connectivity index (χ3n) is 2.04. The van der Waals surface area contributed by atoms with Crippen LogP contribution in [-0.2, 0) is 11.2 Å². The Morgan fingerprint density at radius 2 is 2.40 bits per heavy atom. The van der Waals surface area contributed by atoms with Crippen LogP contribution in [0.2, 0.25) is 0 Å². The summed E-state index contributed by atoms with van der Waals surface area (Å²) in [7, 11) is 0. The van der Waals surface area contributed by atoms with Crippen LogP contribution in [0.5, 0.6) is 0 Å². The molecule has 15 heavy (non-hydrogen) atoms. The van der Waals surface area contributed by atoms with E-state index in [1.807, 2.05) is 5.38 Å². The molecular formula is C10H14N2OS2. The number of aryl methyl sites for hydroxylation is 1. The second kappa shape index (κ2) is 5.32. The molecule has 1 aromatic rings. The lowest BCUT2D eigenvalue weighted by Crippen LogP contribution is -2.36. The molecule has 0 fully saturated rings. The first-order valence-electron chi connectivity index (χ1n) is 4.80. The Bertz CT molecular complexity index is 373. The van der Waals surface area contributed by atoms with Gasteiger partial charge < -0.3 is 5.32 Å². The van der Waals surface area contributed by atoms with Gasteiger partial charge in [-0.3, -0.25) is 4.79 Å². The van der Waals surface area contributed by atoms with Crippen LogP contribution in [0.3, 0.4) is 0 Å². The largest absolute Gasteiger partial charge is 0.365 e. The molecule has 1 atom stereocenters. The standard InChI is InChI=1S/C10H14N2OS2/c1-4-9-12-8(5-15-9)10(14)11-6(2)7(3)13/h5-6H,4H2,1-3H3,(H,11,14). The molecule has 0 spiro atoms. The molecule has 0 aliphatic carbocycles. The van der Waals surface area contributed by atoms with Gasteiger partial charge in [0.25, 0.3) is 0 Å². The van der Waals surface area contributed by atoms with Gasteiger partial charge in [0.1, 0.15) is 10.7 Å². The molecule has 0 aromatic carbocycles. The molecule has 1 N–H and O–H groups in total. The van der Waals surface area contributed by atoms with E-state index in [1.54, 1.807) is 25.2 Å². The van der Waals surface area contributed by atoms with Crippen molar-refractivity contribution in [1.29, 1.82) is 0 Å². The maximum Gasteiger partial charge on any atom is 0.151 e. The predicted octanol–water partition coefficient (Wildman–Crippen LogP) is 1.95. The fourth-order valence-corrected chi connectivity index (χ4v) is 2.04. The van der Waals surface area contributed by atoms with Crippen LogP contribution in [0.15, 0.2) is 5.38 Å². The first kappa shape index (κ1) is 12.3. The molecule has 5 heteroatoms. The van der Waals surface area contributed by atoms with Crippen LogP contribution in [0.1, 0.15) is 31.5 Å². The zero-order valence-corrected chi connectivity index (χ0v) is 10.7. The number of thiocarbonyl (C=S) groups is 1. The molecule has 1 rings (SSSR count). The highest BCUT2D eigenvalue weighted by Gasteiger charge is 2.12. The van der Waals surface area contributed by atoms with E-state index in [1.165, 1.54) is 0 Å². The molecular weight excluding hydrogens is 228 g/mol. The maximum absolute atomic E-state index is 11.0. The van der Waals surface area contributed by atoms with E-state index in [2.05, 4.69) is 17.2 Å². The molecule has 0 aliphatic rings. The van der Waals surface area contributed by atoms with Crippen molar-refractivity contribution < 1.29 is 4.79 Å². The summed E-state index contributed by atoms with van der Waals surface area (Å²) in [5.41, 5.74) is 0.764. The highest BCUT2D eigenvalue weighted by Crippen LogP contribution is 2.10. The zero-order valence-electron chi connectivity index (χ0n) is 9.03. The van der Waals surface area contributed by atoms with Crippen LogP contribution in [0, 0.1) is 0 Å². The van der Waals surface area contributed by atoms with Crippen molar-refractivity contribution in [3.8, 4) is 0 Å². The number of ketones is 1. The molecule has 0 saturated carbocycles. The fourth-order valence-electron chi connectivity index (χ4n) is 0.950. The predicted molar refractivity (Wildman–Crippen MR) is 66.5 cm³/mol. The monoisotopic (exact) mass is 242 g/mol. The number of nitrogens with zero attached hydrogens (tertiary/aromatic N) is 1. The van der Waals surface area contributed by atoms with Gasteiger partial charge in [-0.15, -0.1) is 11.3 Å². The van der Waals surface area contributed by atoms with Gasteiger partial charge >= 0.3 is 0 Å². The summed E-state index contributed by atoms with van der Waals surface area (Å²) in [6, 6.07) is -0.246. The van der Waals surface area contributed by atoms with Crippen LogP contribution < -0.4 is 5.32 Å². The Kier molecular flexibility index (Phi) is 4.35. The lowest BCUT2D eigenvalue weighted by atomic mass is 10.2. The number of nitrogens with one attached hydrogen (secondary N) is 1. The molecule has 0 aliphatic heterocycles. The Hall–Kier alpha value is -0.810. The minimum atomic E-state index is -0.246. The van der Waals surface area contributed by atoms with Gasteiger partial charge in [-0.2, -0.15) is 0 Å². The average Bonchev–Trinajstić information content (AvgIpc) is 2.65. The summed E-state index contributed by atoms with van der Waals surface area (Å²) in [4.78, 5) is 15.9. The van der Waals surface area contributed by atoms with Gasteiger partial charge in [0.2, 0.25) is 0 Å². The quantitative estimate of drug-likeness (QED) is 0.819. The molecule has 82 valence electrons. The summed E-state index contributed by atoms with van der Waals surface area (Å²) in [6.45, 7) is 5.39. The van der Waals surface area contributed by atoms with Gasteiger partial charge in [0, 0.05) is 5.38 Å². The van der Waals surface area contributed by atoms with E-state index in [0.29, 0.717) is 4.99 Å². The average molecular weight is 242 g/mol. The maximum atomic E-state index is 11.0. The Labute approximate surface area is 98.9 Å². The van der Waals surface area contributed by atoms with Crippen molar-refractivity contribution in [3.63, 3.8) is 0 Å². The topological polar surface area (TPSA) is 42.0 Å². The number of Topliss-reactive ketones (excluding diaryl/α,β-unsaturated/α-hetero) is 1. The van der Waals surface area contributed by atoms with E-state index >= 15 is 0 Å². The van der Waals surface area contributed by atoms with Crippen LogP contribution >= 0.6 is 23.6 Å². The van der Waals surface area contributed by atoms with Crippen molar-refractivity contribution in [2.45, 2.75) is 33.2 Å². The molecule has 1 unspecified atom stereocenters. The molecule has 0 amide bonds. The van der Waals surface area contributed by atoms with Gasteiger partial charge in [0.05, 0.1) is 11.0 Å². The normalized spacial score (nSPS) is 12.2. The van der Waals surface area contributed by atoms with Crippen LogP contribution in [0.25, 0.3) is 0 Å². The van der Waals surface area contributed by atoms with Gasteiger partial charge in [-0.1, -0.05) is 19.1 Å². The lowest BCUT2D eigenvalue weighted by Gasteiger charge is -2.10. The molecule has 0 bridgehead atoms. The third kappa shape index (κ3) is 3.35. The summed E-state index contributed by atoms with van der Waals surface area (Å²) >= 11 is 6.75. The Morgan fingerprint density at radius 3 is 2.87 bits per heavy atom. The first-order chi connectivity index (χ1) is 7.04. The smallest absolute Gasteiger partial charge is 0.151 e. The van der Waals surface area contributed by atoms with E-state index in [0.717, 1.165) is 17.1 Å². The third-order valence-corrected chi connectivity index (χ3v) is 3.36. The van der Waals surface area contributed by atoms with Crippen molar-refractivity contribution in [1.82, 2.24) is 10.3 Å². The number of rotatable bonds is 4. The Morgan fingerprint density at radius 1 is 1.73 bits per heavy atom. The minimum Gasteiger partial charge on any atom is -0.365 e. The van der Waals surface area contributed by atoms with Gasteiger partial charge in [-0.05, 0) is 20.3 Å². The fraction of sp³-hybridized carbons (Fsp3) is 0.500. The van der Waals surface area contributed by atoms with Gasteiger partial charge in [-0.25, -0.2) is 4.98 Å². The molecule has 1 aromatic heterocycles. The summed E-state index contributed by atoms with van der Waals surface area (Å²) in [6.07, 6.45) is 0.912. The van der Waals surface area contributed by atoms with Crippen LogP contribution in [0.4, 0.5) is 0 Å². The Balaban J connectivity index is 2.65. The van der Waals surface area contributed by atoms with E-state index < -0.39 is 0 Å². The minimum absolute atomic E-state index is 0.0725. The molecule has 1 heterocycles. The number of carbonyl (C=O) groups excluding carboxylic acids is 1. The molecule has 0 radical (unpaired) electrons. The number of hydrogen-bond donors (Lipinski definition) is 1. The van der Waals surface area contributed by atoms with Crippen molar-refractivity contribution in [2.24, 2.45) is 0 Å². The SMILES string of the molecule is CCc1nc(C(=S)NC(C)C(C)=O)cs1. The number of carbonyl (C=O) groups is 1. The van der Waals surface area contributed by atoms with Gasteiger partial charge in [0.15, 0.2) is 5.78 Å². The summed E-state index contributed by atoms with van der Waals surface area (Å²) in [5, 5.41) is 5.94. The van der Waals surface area contributed by atoms with Crippen molar-refractivity contribution in [2.75, 3.05) is 0 Å².